The largest absolute Gasteiger partial charge is 0.309 e. The van der Waals surface area contributed by atoms with Gasteiger partial charge in [-0.15, -0.1) is 0 Å². The first-order valence-electron chi connectivity index (χ1n) is 5.27. The normalized spacial score (nSPS) is 21.5. The van der Waals surface area contributed by atoms with Crippen LogP contribution in [0.1, 0.15) is 18.4 Å². The number of hydrogen-bond donors (Lipinski definition) is 1. The lowest BCUT2D eigenvalue weighted by molar-refractivity contribution is 0.507. The van der Waals surface area contributed by atoms with Crippen LogP contribution in [0, 0.1) is 0 Å². The predicted octanol–water partition coefficient (Wildman–Crippen LogP) is 2.72. The van der Waals surface area contributed by atoms with Crippen LogP contribution in [0.25, 0.3) is 0 Å². The van der Waals surface area contributed by atoms with Crippen molar-refractivity contribution in [3.63, 3.8) is 0 Å². The van der Waals surface area contributed by atoms with E-state index in [0.717, 1.165) is 12.1 Å². The molecular weight excluding hydrogens is 228 g/mol. The number of pyridine rings is 1. The third-order valence-electron chi connectivity index (χ3n) is 2.58. The summed E-state index contributed by atoms with van der Waals surface area (Å²) in [7, 11) is 0. The smallest absolute Gasteiger partial charge is 0.133 e. The Bertz CT molecular complexity index is 313. The van der Waals surface area contributed by atoms with E-state index in [-0.39, 0.29) is 0 Å². The van der Waals surface area contributed by atoms with Crippen molar-refractivity contribution in [1.29, 1.82) is 0 Å². The lowest BCUT2D eigenvalue weighted by atomic mass is 10.2. The lowest BCUT2D eigenvalue weighted by Crippen LogP contribution is -2.33. The third-order valence-corrected chi connectivity index (χ3v) is 4.13. The first-order valence-corrected chi connectivity index (χ1v) is 6.80. The maximum Gasteiger partial charge on any atom is 0.133 e. The minimum Gasteiger partial charge on any atom is -0.309 e. The Labute approximate surface area is 99.8 Å². The summed E-state index contributed by atoms with van der Waals surface area (Å²) in [6.45, 7) is 0.831. The molecule has 15 heavy (non-hydrogen) atoms. The van der Waals surface area contributed by atoms with Crippen molar-refractivity contribution < 1.29 is 0 Å². The molecule has 0 amide bonds. The van der Waals surface area contributed by atoms with Crippen LogP contribution in [0.15, 0.2) is 18.3 Å². The maximum atomic E-state index is 5.99. The van der Waals surface area contributed by atoms with E-state index in [2.05, 4.69) is 10.3 Å². The standard InChI is InChI=1S/C11H15ClN2S/c12-11-9(3-1-5-13-11)7-14-10-4-2-6-15-8-10/h1,3,5,10,14H,2,4,6-8H2. The lowest BCUT2D eigenvalue weighted by Gasteiger charge is -2.22. The van der Waals surface area contributed by atoms with E-state index in [0.29, 0.717) is 11.2 Å². The first-order chi connectivity index (χ1) is 7.36. The molecule has 1 unspecified atom stereocenters. The van der Waals surface area contributed by atoms with Gasteiger partial charge in [0.2, 0.25) is 0 Å². The number of thioether (sulfide) groups is 1. The molecule has 1 aliphatic heterocycles. The fraction of sp³-hybridized carbons (Fsp3) is 0.545. The first kappa shape index (κ1) is 11.2. The Hall–Kier alpha value is -0.250. The van der Waals surface area contributed by atoms with Gasteiger partial charge in [0.05, 0.1) is 0 Å². The fourth-order valence-corrected chi connectivity index (χ4v) is 3.00. The SMILES string of the molecule is Clc1ncccc1CNC1CCCSC1. The number of nitrogens with zero attached hydrogens (tertiary/aromatic N) is 1. The molecule has 1 saturated heterocycles. The van der Waals surface area contributed by atoms with Crippen molar-refractivity contribution >= 4 is 23.4 Å². The molecule has 0 saturated carbocycles. The van der Waals surface area contributed by atoms with E-state index in [1.807, 2.05) is 23.9 Å². The number of hydrogen-bond acceptors (Lipinski definition) is 3. The van der Waals surface area contributed by atoms with Crippen LogP contribution < -0.4 is 5.32 Å². The van der Waals surface area contributed by atoms with Gasteiger partial charge in [-0.1, -0.05) is 17.7 Å². The molecule has 0 aromatic carbocycles. The Kier molecular flexibility index (Phi) is 4.29. The highest BCUT2D eigenvalue weighted by Crippen LogP contribution is 2.18. The predicted molar refractivity (Wildman–Crippen MR) is 66.4 cm³/mol. The van der Waals surface area contributed by atoms with Crippen LogP contribution in [0.2, 0.25) is 5.15 Å². The zero-order valence-corrected chi connectivity index (χ0v) is 10.2. The second kappa shape index (κ2) is 5.73. The van der Waals surface area contributed by atoms with Crippen LogP contribution in [-0.4, -0.2) is 22.5 Å². The second-order valence-electron chi connectivity index (χ2n) is 3.75. The molecule has 4 heteroatoms. The molecule has 1 N–H and O–H groups in total. The number of halogens is 1. The summed E-state index contributed by atoms with van der Waals surface area (Å²) in [5, 5.41) is 4.15. The topological polar surface area (TPSA) is 24.9 Å². The molecule has 2 heterocycles. The molecule has 0 radical (unpaired) electrons. The molecule has 2 nitrogen and oxygen atoms in total. The van der Waals surface area contributed by atoms with E-state index in [1.54, 1.807) is 6.20 Å². The maximum absolute atomic E-state index is 5.99. The van der Waals surface area contributed by atoms with E-state index in [4.69, 9.17) is 11.6 Å². The molecule has 0 bridgehead atoms. The van der Waals surface area contributed by atoms with Gasteiger partial charge in [0.15, 0.2) is 0 Å². The average Bonchev–Trinajstić information content (AvgIpc) is 2.29. The van der Waals surface area contributed by atoms with E-state index in [9.17, 15) is 0 Å². The van der Waals surface area contributed by atoms with Gasteiger partial charge in [-0.05, 0) is 24.7 Å². The molecule has 1 atom stereocenters. The van der Waals surface area contributed by atoms with Crippen molar-refractivity contribution in [2.75, 3.05) is 11.5 Å². The number of aromatic nitrogens is 1. The molecule has 0 spiro atoms. The van der Waals surface area contributed by atoms with Crippen LogP contribution in [0.5, 0.6) is 0 Å². The van der Waals surface area contributed by atoms with Crippen molar-refractivity contribution in [3.8, 4) is 0 Å². The van der Waals surface area contributed by atoms with Crippen molar-refractivity contribution in [1.82, 2.24) is 10.3 Å². The summed E-state index contributed by atoms with van der Waals surface area (Å²) in [5.74, 6) is 2.53. The van der Waals surface area contributed by atoms with Crippen molar-refractivity contribution in [2.45, 2.75) is 25.4 Å². The summed E-state index contributed by atoms with van der Waals surface area (Å²) in [4.78, 5) is 4.06. The minimum absolute atomic E-state index is 0.619. The number of rotatable bonds is 3. The molecular formula is C11H15ClN2S. The third kappa shape index (κ3) is 3.37. The highest BCUT2D eigenvalue weighted by Gasteiger charge is 2.13. The van der Waals surface area contributed by atoms with Gasteiger partial charge in [0, 0.05) is 30.1 Å². The molecule has 1 aromatic heterocycles. The van der Waals surface area contributed by atoms with E-state index in [1.165, 1.54) is 24.3 Å². The van der Waals surface area contributed by atoms with Gasteiger partial charge in [-0.25, -0.2) is 4.98 Å². The Morgan fingerprint density at radius 1 is 1.60 bits per heavy atom. The van der Waals surface area contributed by atoms with Gasteiger partial charge >= 0.3 is 0 Å². The molecule has 0 aliphatic carbocycles. The zero-order chi connectivity index (χ0) is 10.5. The molecule has 1 aliphatic rings. The monoisotopic (exact) mass is 242 g/mol. The quantitative estimate of drug-likeness (QED) is 0.826. The summed E-state index contributed by atoms with van der Waals surface area (Å²) in [6, 6.07) is 4.59. The highest BCUT2D eigenvalue weighted by atomic mass is 35.5. The highest BCUT2D eigenvalue weighted by molar-refractivity contribution is 7.99. The summed E-state index contributed by atoms with van der Waals surface area (Å²) in [6.07, 6.45) is 4.33. The average molecular weight is 243 g/mol. The van der Waals surface area contributed by atoms with Gasteiger partial charge < -0.3 is 5.32 Å². The summed E-state index contributed by atoms with van der Waals surface area (Å²) >= 11 is 8.02. The van der Waals surface area contributed by atoms with Gasteiger partial charge in [0.1, 0.15) is 5.15 Å². The zero-order valence-electron chi connectivity index (χ0n) is 8.58. The van der Waals surface area contributed by atoms with Crippen LogP contribution in [0.4, 0.5) is 0 Å². The van der Waals surface area contributed by atoms with E-state index >= 15 is 0 Å². The second-order valence-corrected chi connectivity index (χ2v) is 5.26. The molecule has 82 valence electrons. The van der Waals surface area contributed by atoms with E-state index < -0.39 is 0 Å². The van der Waals surface area contributed by atoms with Crippen LogP contribution >= 0.6 is 23.4 Å². The molecule has 1 aromatic rings. The summed E-state index contributed by atoms with van der Waals surface area (Å²) < 4.78 is 0. The number of nitrogens with one attached hydrogen (secondary N) is 1. The van der Waals surface area contributed by atoms with Crippen LogP contribution in [-0.2, 0) is 6.54 Å². The minimum atomic E-state index is 0.619. The van der Waals surface area contributed by atoms with Crippen molar-refractivity contribution in [2.24, 2.45) is 0 Å². The molecule has 2 rings (SSSR count). The van der Waals surface area contributed by atoms with Crippen LogP contribution in [0.3, 0.4) is 0 Å². The van der Waals surface area contributed by atoms with Gasteiger partial charge in [-0.3, -0.25) is 0 Å². The summed E-state index contributed by atoms with van der Waals surface area (Å²) in [5.41, 5.74) is 1.09. The van der Waals surface area contributed by atoms with Gasteiger partial charge in [-0.2, -0.15) is 11.8 Å². The molecule has 1 fully saturated rings. The Balaban J connectivity index is 1.84. The Morgan fingerprint density at radius 2 is 2.53 bits per heavy atom. The Morgan fingerprint density at radius 3 is 3.27 bits per heavy atom. The van der Waals surface area contributed by atoms with Gasteiger partial charge in [0.25, 0.3) is 0 Å². The fourth-order valence-electron chi connectivity index (χ4n) is 1.71. The van der Waals surface area contributed by atoms with Crippen molar-refractivity contribution in [3.05, 3.63) is 29.0 Å².